The van der Waals surface area contributed by atoms with Crippen LogP contribution in [0.25, 0.3) is 0 Å². The first-order valence-electron chi connectivity index (χ1n) is 8.79. The molecule has 1 amide bonds. The highest BCUT2D eigenvalue weighted by molar-refractivity contribution is 5.91. The number of carbonyl (C=O) groups excluding carboxylic acids is 1. The van der Waals surface area contributed by atoms with Gasteiger partial charge in [0.1, 0.15) is 5.82 Å². The van der Waals surface area contributed by atoms with Gasteiger partial charge >= 0.3 is 0 Å². The van der Waals surface area contributed by atoms with E-state index in [0.717, 1.165) is 50.3 Å². The fraction of sp³-hybridized carbons (Fsp3) is 0.529. The normalized spacial score (nSPS) is 14.0. The van der Waals surface area contributed by atoms with Crippen LogP contribution in [0.15, 0.2) is 24.5 Å². The van der Waals surface area contributed by atoms with Crippen molar-refractivity contribution in [1.82, 2.24) is 30.6 Å². The molecule has 2 aromatic rings. The van der Waals surface area contributed by atoms with Gasteiger partial charge in [-0.3, -0.25) is 4.79 Å². The van der Waals surface area contributed by atoms with Gasteiger partial charge in [-0.25, -0.2) is 9.67 Å². The van der Waals surface area contributed by atoms with E-state index in [2.05, 4.69) is 31.2 Å². The average Bonchev–Trinajstić information content (AvgIpc) is 3.14. The van der Waals surface area contributed by atoms with E-state index in [9.17, 15) is 4.79 Å². The second-order valence-electron chi connectivity index (χ2n) is 6.32. The Hall–Kier alpha value is -1.90. The number of hydrogen-bond acceptors (Lipinski definition) is 6. The molecule has 1 aliphatic rings. The Morgan fingerprint density at radius 2 is 2.04 bits per heavy atom. The summed E-state index contributed by atoms with van der Waals surface area (Å²) in [5.41, 5.74) is 1.52. The van der Waals surface area contributed by atoms with Gasteiger partial charge in [-0.05, 0) is 50.9 Å². The first-order chi connectivity index (χ1) is 12.2. The fourth-order valence-electron chi connectivity index (χ4n) is 2.80. The zero-order valence-electron chi connectivity index (χ0n) is 15.4. The van der Waals surface area contributed by atoms with Gasteiger partial charge in [-0.15, -0.1) is 29.9 Å². The van der Waals surface area contributed by atoms with Crippen LogP contribution in [-0.4, -0.2) is 52.1 Å². The molecule has 2 aromatic heterocycles. The molecule has 0 aromatic carbocycles. The molecule has 0 aliphatic carbocycles. The Morgan fingerprint density at radius 1 is 1.26 bits per heavy atom. The van der Waals surface area contributed by atoms with Crippen molar-refractivity contribution in [1.29, 1.82) is 0 Å². The van der Waals surface area contributed by atoms with Gasteiger partial charge in [0.25, 0.3) is 5.91 Å². The van der Waals surface area contributed by atoms with Gasteiger partial charge in [-0.2, -0.15) is 0 Å². The third kappa shape index (κ3) is 6.97. The molecule has 0 spiro atoms. The number of amides is 1. The predicted molar refractivity (Wildman–Crippen MR) is 110 cm³/mol. The Morgan fingerprint density at radius 3 is 2.74 bits per heavy atom. The number of rotatable bonds is 7. The van der Waals surface area contributed by atoms with E-state index in [1.54, 1.807) is 6.20 Å². The molecule has 27 heavy (non-hydrogen) atoms. The zero-order valence-corrected chi connectivity index (χ0v) is 17.0. The molecule has 1 fully saturated rings. The number of piperidine rings is 1. The summed E-state index contributed by atoms with van der Waals surface area (Å²) >= 11 is 0. The second-order valence-corrected chi connectivity index (χ2v) is 6.32. The van der Waals surface area contributed by atoms with Crippen LogP contribution < -0.4 is 16.0 Å². The summed E-state index contributed by atoms with van der Waals surface area (Å²) in [6, 6.07) is 4.30. The summed E-state index contributed by atoms with van der Waals surface area (Å²) in [6.07, 6.45) is 6.42. The largest absolute Gasteiger partial charge is 0.370 e. The lowest BCUT2D eigenvalue weighted by atomic mass is 10.1. The van der Waals surface area contributed by atoms with Crippen LogP contribution >= 0.6 is 24.8 Å². The maximum absolute atomic E-state index is 12.1. The van der Waals surface area contributed by atoms with E-state index >= 15 is 0 Å². The molecule has 0 unspecified atom stereocenters. The minimum absolute atomic E-state index is 0. The van der Waals surface area contributed by atoms with Crippen molar-refractivity contribution in [2.75, 3.05) is 31.5 Å². The quantitative estimate of drug-likeness (QED) is 0.598. The minimum atomic E-state index is -0.173. The average molecular weight is 416 g/mol. The van der Waals surface area contributed by atoms with Gasteiger partial charge < -0.3 is 16.0 Å². The highest BCUT2D eigenvalue weighted by Crippen LogP contribution is 2.16. The molecule has 1 aliphatic heterocycles. The number of carbonyl (C=O) groups is 1. The highest BCUT2D eigenvalue weighted by atomic mass is 35.5. The summed E-state index contributed by atoms with van der Waals surface area (Å²) in [5.74, 6) is 0.676. The Bertz CT molecular complexity index is 687. The fourth-order valence-corrected chi connectivity index (χ4v) is 2.80. The van der Waals surface area contributed by atoms with Crippen molar-refractivity contribution in [3.63, 3.8) is 0 Å². The molecule has 8 nitrogen and oxygen atoms in total. The Balaban J connectivity index is 0.00000182. The number of aryl methyl sites for hydroxylation is 1. The lowest BCUT2D eigenvalue weighted by molar-refractivity contribution is 0.0948. The summed E-state index contributed by atoms with van der Waals surface area (Å²) in [7, 11) is 0. The number of hydrogen-bond donors (Lipinski definition) is 3. The molecule has 150 valence electrons. The predicted octanol–water partition coefficient (Wildman–Crippen LogP) is 1.98. The van der Waals surface area contributed by atoms with Crippen LogP contribution in [0.5, 0.6) is 0 Å². The highest BCUT2D eigenvalue weighted by Gasteiger charge is 2.18. The molecular weight excluding hydrogens is 389 g/mol. The molecule has 0 bridgehead atoms. The molecule has 0 saturated carbocycles. The SMILES string of the molecule is Cc1ccc(NCCCNC(=O)c2cn(C3CCNCC3)nn2)nc1.Cl.Cl. The summed E-state index contributed by atoms with van der Waals surface area (Å²) in [6.45, 7) is 5.30. The number of aromatic nitrogens is 4. The van der Waals surface area contributed by atoms with Crippen LogP contribution in [0.2, 0.25) is 0 Å². The third-order valence-corrected chi connectivity index (χ3v) is 4.28. The van der Waals surface area contributed by atoms with Crippen LogP contribution in [0.1, 0.15) is 41.4 Å². The van der Waals surface area contributed by atoms with Crippen LogP contribution in [0, 0.1) is 6.92 Å². The van der Waals surface area contributed by atoms with E-state index in [1.165, 1.54) is 0 Å². The number of nitrogens with zero attached hydrogens (tertiary/aromatic N) is 4. The molecule has 10 heteroatoms. The number of nitrogens with one attached hydrogen (secondary N) is 3. The second kappa shape index (κ2) is 11.7. The van der Waals surface area contributed by atoms with Gasteiger partial charge in [0.15, 0.2) is 5.69 Å². The van der Waals surface area contributed by atoms with Gasteiger partial charge in [0.2, 0.25) is 0 Å². The smallest absolute Gasteiger partial charge is 0.273 e. The van der Waals surface area contributed by atoms with E-state index in [4.69, 9.17) is 0 Å². The maximum atomic E-state index is 12.1. The van der Waals surface area contributed by atoms with Crippen molar-refractivity contribution in [3.8, 4) is 0 Å². The van der Waals surface area contributed by atoms with Crippen molar-refractivity contribution in [2.45, 2.75) is 32.2 Å². The maximum Gasteiger partial charge on any atom is 0.273 e. The van der Waals surface area contributed by atoms with Crippen molar-refractivity contribution in [3.05, 3.63) is 35.8 Å². The van der Waals surface area contributed by atoms with Crippen molar-refractivity contribution >= 4 is 36.5 Å². The Labute approximate surface area is 171 Å². The third-order valence-electron chi connectivity index (χ3n) is 4.28. The molecule has 3 N–H and O–H groups in total. The monoisotopic (exact) mass is 415 g/mol. The standard InChI is InChI=1S/C17H25N7O.2ClH/c1-13-3-4-16(21-11-13)19-7-2-8-20-17(25)15-12-24(23-22-15)14-5-9-18-10-6-14;;/h3-4,11-12,14,18H,2,5-10H2,1H3,(H,19,21)(H,20,25);2*1H. The molecule has 3 heterocycles. The van der Waals surface area contributed by atoms with E-state index in [-0.39, 0.29) is 30.7 Å². The number of pyridine rings is 1. The summed E-state index contributed by atoms with van der Waals surface area (Å²) in [4.78, 5) is 16.4. The minimum Gasteiger partial charge on any atom is -0.370 e. The van der Waals surface area contributed by atoms with Gasteiger partial charge in [0.05, 0.1) is 12.2 Å². The number of anilines is 1. The topological polar surface area (TPSA) is 96.8 Å². The van der Waals surface area contributed by atoms with Crippen molar-refractivity contribution in [2.24, 2.45) is 0 Å². The van der Waals surface area contributed by atoms with Crippen LogP contribution in [0.3, 0.4) is 0 Å². The van der Waals surface area contributed by atoms with E-state index in [0.29, 0.717) is 18.3 Å². The lowest BCUT2D eigenvalue weighted by Gasteiger charge is -2.22. The summed E-state index contributed by atoms with van der Waals surface area (Å²) in [5, 5.41) is 17.5. The van der Waals surface area contributed by atoms with Crippen molar-refractivity contribution < 1.29 is 4.79 Å². The van der Waals surface area contributed by atoms with Gasteiger partial charge in [-0.1, -0.05) is 11.3 Å². The molecule has 0 atom stereocenters. The molecule has 1 saturated heterocycles. The van der Waals surface area contributed by atoms with Crippen LogP contribution in [-0.2, 0) is 0 Å². The van der Waals surface area contributed by atoms with Crippen LogP contribution in [0.4, 0.5) is 5.82 Å². The first-order valence-corrected chi connectivity index (χ1v) is 8.79. The van der Waals surface area contributed by atoms with Gasteiger partial charge in [0, 0.05) is 19.3 Å². The lowest BCUT2D eigenvalue weighted by Crippen LogP contribution is -2.29. The number of halogens is 2. The molecule has 3 rings (SSSR count). The molecule has 0 radical (unpaired) electrons. The summed E-state index contributed by atoms with van der Waals surface area (Å²) < 4.78 is 1.82. The molecular formula is C17H27Cl2N7O. The first kappa shape index (κ1) is 23.1. The Kier molecular flexibility index (Phi) is 10.1. The van der Waals surface area contributed by atoms with E-state index < -0.39 is 0 Å². The van der Waals surface area contributed by atoms with E-state index in [1.807, 2.05) is 29.9 Å². The zero-order chi connectivity index (χ0) is 17.5.